The van der Waals surface area contributed by atoms with Crippen molar-refractivity contribution in [3.05, 3.63) is 65.7 Å². The normalized spacial score (nSPS) is 11.2. The van der Waals surface area contributed by atoms with Gasteiger partial charge in [0.1, 0.15) is 5.75 Å². The van der Waals surface area contributed by atoms with E-state index in [-0.39, 0.29) is 5.91 Å². The van der Waals surface area contributed by atoms with E-state index < -0.39 is 0 Å². The number of methoxy groups -OCH3 is 1. The van der Waals surface area contributed by atoms with Gasteiger partial charge in [-0.05, 0) is 44.3 Å². The number of fused-ring (bicyclic) bond motifs is 1. The number of ether oxygens (including phenoxy) is 1. The second-order valence-corrected chi connectivity index (χ2v) is 8.08. The van der Waals surface area contributed by atoms with E-state index in [1.807, 2.05) is 55.5 Å². The maximum atomic E-state index is 12.8. The molecule has 1 amide bonds. The van der Waals surface area contributed by atoms with Crippen LogP contribution in [0.25, 0.3) is 28.3 Å². The molecule has 4 rings (SSSR count). The van der Waals surface area contributed by atoms with E-state index in [0.29, 0.717) is 29.3 Å². The molecule has 2 heterocycles. The summed E-state index contributed by atoms with van der Waals surface area (Å²) in [5.41, 5.74) is 4.84. The first-order chi connectivity index (χ1) is 16.5. The highest BCUT2D eigenvalue weighted by atomic mass is 16.5. The zero-order valence-electron chi connectivity index (χ0n) is 20.1. The van der Waals surface area contributed by atoms with Crippen LogP contribution < -0.4 is 10.1 Å². The van der Waals surface area contributed by atoms with Crippen molar-refractivity contribution in [2.24, 2.45) is 0 Å². The van der Waals surface area contributed by atoms with Crippen molar-refractivity contribution < 1.29 is 9.53 Å². The maximum absolute atomic E-state index is 12.8. The molecule has 0 aliphatic carbocycles. The van der Waals surface area contributed by atoms with E-state index in [4.69, 9.17) is 9.84 Å². The molecule has 0 fully saturated rings. The molecule has 8 nitrogen and oxygen atoms in total. The molecule has 0 aliphatic heterocycles. The van der Waals surface area contributed by atoms with Crippen LogP contribution in [0.4, 0.5) is 0 Å². The molecule has 0 bridgehead atoms. The van der Waals surface area contributed by atoms with E-state index in [1.54, 1.807) is 17.7 Å². The Kier molecular flexibility index (Phi) is 7.18. The average molecular weight is 459 g/mol. The number of rotatable bonds is 9. The number of likely N-dealkylation sites (N-methyl/N-ethyl adjacent to an activating group) is 1. The lowest BCUT2D eigenvalue weighted by Crippen LogP contribution is -2.34. The molecule has 2 aromatic carbocycles. The molecule has 1 N–H and O–H groups in total. The molecule has 0 unspecified atom stereocenters. The highest BCUT2D eigenvalue weighted by Crippen LogP contribution is 2.27. The van der Waals surface area contributed by atoms with Gasteiger partial charge >= 0.3 is 0 Å². The summed E-state index contributed by atoms with van der Waals surface area (Å²) < 4.78 is 7.28. The Morgan fingerprint density at radius 3 is 2.44 bits per heavy atom. The van der Waals surface area contributed by atoms with Crippen LogP contribution in [0.3, 0.4) is 0 Å². The standard InChI is InChI=1S/C26H30N6O2/c1-5-31(6-2)16-15-27-26(33)21-12-11-20(17-23(21)34-4)22-13-14-24-28-29-25(32(24)30-22)19-9-7-18(3)8-10-19/h7-14,17H,5-6,15-16H2,1-4H3,(H,27,33). The zero-order chi connectivity index (χ0) is 24.1. The summed E-state index contributed by atoms with van der Waals surface area (Å²) in [5, 5.41) is 16.3. The van der Waals surface area contributed by atoms with Crippen molar-refractivity contribution >= 4 is 11.6 Å². The fourth-order valence-corrected chi connectivity index (χ4v) is 3.83. The summed E-state index contributed by atoms with van der Waals surface area (Å²) in [6.07, 6.45) is 0. The first-order valence-electron chi connectivity index (χ1n) is 11.5. The van der Waals surface area contributed by atoms with Crippen LogP contribution in [0.15, 0.2) is 54.6 Å². The number of hydrogen-bond acceptors (Lipinski definition) is 6. The number of benzene rings is 2. The second-order valence-electron chi connectivity index (χ2n) is 8.08. The lowest BCUT2D eigenvalue weighted by Gasteiger charge is -2.18. The third-order valence-electron chi connectivity index (χ3n) is 5.92. The van der Waals surface area contributed by atoms with Crippen LogP contribution in [0, 0.1) is 6.92 Å². The Labute approximate surface area is 199 Å². The molecule has 0 saturated carbocycles. The number of carbonyl (C=O) groups excluding carboxylic acids is 1. The SMILES string of the molecule is CCN(CC)CCNC(=O)c1ccc(-c2ccc3nnc(-c4ccc(C)cc4)n3n2)cc1OC. The van der Waals surface area contributed by atoms with Crippen LogP contribution in [0.1, 0.15) is 29.8 Å². The minimum absolute atomic E-state index is 0.153. The van der Waals surface area contributed by atoms with Crippen LogP contribution in [0.2, 0.25) is 0 Å². The number of nitrogens with one attached hydrogen (secondary N) is 1. The Morgan fingerprint density at radius 2 is 1.74 bits per heavy atom. The van der Waals surface area contributed by atoms with Crippen molar-refractivity contribution in [2.45, 2.75) is 20.8 Å². The third-order valence-corrected chi connectivity index (χ3v) is 5.92. The summed E-state index contributed by atoms with van der Waals surface area (Å²) in [5.74, 6) is 1.02. The number of carbonyl (C=O) groups is 1. The quantitative estimate of drug-likeness (QED) is 0.410. The van der Waals surface area contributed by atoms with Gasteiger partial charge in [0.15, 0.2) is 11.5 Å². The molecule has 4 aromatic rings. The third kappa shape index (κ3) is 4.92. The van der Waals surface area contributed by atoms with Gasteiger partial charge in [-0.15, -0.1) is 10.2 Å². The second kappa shape index (κ2) is 10.4. The van der Waals surface area contributed by atoms with Crippen molar-refractivity contribution in [1.29, 1.82) is 0 Å². The summed E-state index contributed by atoms with van der Waals surface area (Å²) >= 11 is 0. The van der Waals surface area contributed by atoms with Crippen LogP contribution in [-0.4, -0.2) is 63.9 Å². The summed E-state index contributed by atoms with van der Waals surface area (Å²) in [4.78, 5) is 15.0. The van der Waals surface area contributed by atoms with Crippen LogP contribution >= 0.6 is 0 Å². The van der Waals surface area contributed by atoms with Gasteiger partial charge in [-0.3, -0.25) is 4.79 Å². The van der Waals surface area contributed by atoms with Crippen molar-refractivity contribution in [2.75, 3.05) is 33.3 Å². The van der Waals surface area contributed by atoms with Gasteiger partial charge in [0.25, 0.3) is 5.91 Å². The largest absolute Gasteiger partial charge is 0.496 e. The fraction of sp³-hybridized carbons (Fsp3) is 0.308. The van der Waals surface area contributed by atoms with Gasteiger partial charge in [-0.2, -0.15) is 9.61 Å². The smallest absolute Gasteiger partial charge is 0.255 e. The topological polar surface area (TPSA) is 84.7 Å². The Morgan fingerprint density at radius 1 is 1.00 bits per heavy atom. The monoisotopic (exact) mass is 458 g/mol. The van der Waals surface area contributed by atoms with E-state index in [0.717, 1.165) is 36.5 Å². The molecule has 2 aromatic heterocycles. The molecule has 0 spiro atoms. The minimum atomic E-state index is -0.153. The average Bonchev–Trinajstić information content (AvgIpc) is 3.30. The Hall–Kier alpha value is -3.78. The lowest BCUT2D eigenvalue weighted by molar-refractivity contribution is 0.0946. The predicted octanol–water partition coefficient (Wildman–Crippen LogP) is 3.85. The molecular formula is C26H30N6O2. The zero-order valence-corrected chi connectivity index (χ0v) is 20.1. The minimum Gasteiger partial charge on any atom is -0.496 e. The van der Waals surface area contributed by atoms with Crippen LogP contribution in [0.5, 0.6) is 5.75 Å². The molecule has 8 heteroatoms. The molecule has 0 atom stereocenters. The Balaban J connectivity index is 1.59. The number of hydrogen-bond donors (Lipinski definition) is 1. The van der Waals surface area contributed by atoms with Crippen molar-refractivity contribution in [1.82, 2.24) is 30.0 Å². The number of aromatic nitrogens is 4. The molecule has 176 valence electrons. The fourth-order valence-electron chi connectivity index (χ4n) is 3.83. The lowest BCUT2D eigenvalue weighted by atomic mass is 10.1. The van der Waals surface area contributed by atoms with Gasteiger partial charge in [0, 0.05) is 24.2 Å². The molecule has 0 radical (unpaired) electrons. The predicted molar refractivity (Wildman–Crippen MR) is 133 cm³/mol. The first-order valence-corrected chi connectivity index (χ1v) is 11.5. The molecular weight excluding hydrogens is 428 g/mol. The van der Waals surface area contributed by atoms with Crippen molar-refractivity contribution in [3.8, 4) is 28.4 Å². The maximum Gasteiger partial charge on any atom is 0.255 e. The molecule has 34 heavy (non-hydrogen) atoms. The van der Waals surface area contributed by atoms with Gasteiger partial charge in [-0.1, -0.05) is 49.7 Å². The van der Waals surface area contributed by atoms with E-state index >= 15 is 0 Å². The highest BCUT2D eigenvalue weighted by Gasteiger charge is 2.16. The number of aryl methyl sites for hydroxylation is 1. The van der Waals surface area contributed by atoms with E-state index in [1.165, 1.54) is 5.56 Å². The summed E-state index contributed by atoms with van der Waals surface area (Å²) in [6.45, 7) is 9.58. The van der Waals surface area contributed by atoms with Crippen LogP contribution in [-0.2, 0) is 0 Å². The van der Waals surface area contributed by atoms with Gasteiger partial charge in [0.2, 0.25) is 0 Å². The van der Waals surface area contributed by atoms with E-state index in [9.17, 15) is 4.79 Å². The first kappa shape index (κ1) is 23.4. The van der Waals surface area contributed by atoms with Gasteiger partial charge in [-0.25, -0.2) is 0 Å². The molecule has 0 aliphatic rings. The highest BCUT2D eigenvalue weighted by molar-refractivity contribution is 5.97. The van der Waals surface area contributed by atoms with Gasteiger partial charge in [0.05, 0.1) is 18.4 Å². The number of amides is 1. The van der Waals surface area contributed by atoms with Crippen molar-refractivity contribution in [3.63, 3.8) is 0 Å². The van der Waals surface area contributed by atoms with E-state index in [2.05, 4.69) is 34.3 Å². The Bertz CT molecular complexity index is 1280. The summed E-state index contributed by atoms with van der Waals surface area (Å²) in [6, 6.07) is 17.4. The van der Waals surface area contributed by atoms with Gasteiger partial charge < -0.3 is 15.0 Å². The number of nitrogens with zero attached hydrogens (tertiary/aromatic N) is 5. The summed E-state index contributed by atoms with van der Waals surface area (Å²) in [7, 11) is 1.57. The molecule has 0 saturated heterocycles.